The van der Waals surface area contributed by atoms with Gasteiger partial charge in [0.2, 0.25) is 5.13 Å². The Morgan fingerprint density at radius 3 is 2.67 bits per heavy atom. The molecule has 0 atom stereocenters. The summed E-state index contributed by atoms with van der Waals surface area (Å²) in [4.78, 5) is 0.435. The van der Waals surface area contributed by atoms with Gasteiger partial charge >= 0.3 is 0 Å². The summed E-state index contributed by atoms with van der Waals surface area (Å²) in [5.74, 6) is -1.35. The summed E-state index contributed by atoms with van der Waals surface area (Å²) in [5, 5.41) is 12.4. The van der Waals surface area contributed by atoms with Crippen molar-refractivity contribution in [2.75, 3.05) is 12.4 Å². The number of alkyl halides is 2. The molecular weight excluding hydrogens is 408 g/mol. The van der Waals surface area contributed by atoms with Gasteiger partial charge in [0.15, 0.2) is 4.34 Å². The summed E-state index contributed by atoms with van der Waals surface area (Å²) in [5.41, 5.74) is 2.15. The van der Waals surface area contributed by atoms with Crippen molar-refractivity contribution in [2.45, 2.75) is 27.3 Å². The van der Waals surface area contributed by atoms with Crippen LogP contribution in [0.2, 0.25) is 0 Å². The van der Waals surface area contributed by atoms with Crippen LogP contribution in [0.15, 0.2) is 57.8 Å². The SMILES string of the molecule is COc1cc(CSc2nnc(NCc3ccccc3)s2)ccc1SC(F)F. The number of hydrogen-bond donors (Lipinski definition) is 1. The Bertz CT molecular complexity index is 862. The van der Waals surface area contributed by atoms with Gasteiger partial charge in [-0.25, -0.2) is 0 Å². The summed E-state index contributed by atoms with van der Waals surface area (Å²) >= 11 is 3.52. The second kappa shape index (κ2) is 9.91. The summed E-state index contributed by atoms with van der Waals surface area (Å²) in [6.07, 6.45) is 0. The van der Waals surface area contributed by atoms with Crippen molar-refractivity contribution in [2.24, 2.45) is 0 Å². The largest absolute Gasteiger partial charge is 0.496 e. The zero-order chi connectivity index (χ0) is 19.1. The van der Waals surface area contributed by atoms with Gasteiger partial charge in [-0.15, -0.1) is 10.2 Å². The Hall–Kier alpha value is -1.84. The van der Waals surface area contributed by atoms with E-state index in [0.29, 0.717) is 34.7 Å². The van der Waals surface area contributed by atoms with Crippen molar-refractivity contribution in [3.8, 4) is 5.75 Å². The van der Waals surface area contributed by atoms with Gasteiger partial charge in [0.25, 0.3) is 5.76 Å². The van der Waals surface area contributed by atoms with E-state index >= 15 is 0 Å². The number of aromatic nitrogens is 2. The third-order valence-electron chi connectivity index (χ3n) is 3.50. The zero-order valence-electron chi connectivity index (χ0n) is 14.4. The van der Waals surface area contributed by atoms with Crippen molar-refractivity contribution in [1.82, 2.24) is 10.2 Å². The summed E-state index contributed by atoms with van der Waals surface area (Å²) < 4.78 is 31.2. The van der Waals surface area contributed by atoms with Gasteiger partial charge in [-0.3, -0.25) is 0 Å². The van der Waals surface area contributed by atoms with Crippen LogP contribution in [0.4, 0.5) is 13.9 Å². The minimum Gasteiger partial charge on any atom is -0.496 e. The minimum absolute atomic E-state index is 0.435. The van der Waals surface area contributed by atoms with E-state index < -0.39 is 5.76 Å². The molecule has 2 aromatic carbocycles. The predicted molar refractivity (Wildman–Crippen MR) is 108 cm³/mol. The first-order chi connectivity index (χ1) is 13.1. The van der Waals surface area contributed by atoms with Crippen LogP contribution in [-0.2, 0) is 12.3 Å². The molecule has 142 valence electrons. The number of benzene rings is 2. The van der Waals surface area contributed by atoms with E-state index in [-0.39, 0.29) is 0 Å². The van der Waals surface area contributed by atoms with Crippen LogP contribution in [0, 0.1) is 0 Å². The van der Waals surface area contributed by atoms with Gasteiger partial charge in [0, 0.05) is 12.3 Å². The first-order valence-corrected chi connectivity index (χ1v) is 10.7. The van der Waals surface area contributed by atoms with Gasteiger partial charge in [-0.2, -0.15) is 8.78 Å². The fraction of sp³-hybridized carbons (Fsp3) is 0.222. The number of hydrogen-bond acceptors (Lipinski definition) is 7. The first kappa shape index (κ1) is 19.9. The lowest BCUT2D eigenvalue weighted by molar-refractivity contribution is 0.251. The molecule has 9 heteroatoms. The normalized spacial score (nSPS) is 11.0. The van der Waals surface area contributed by atoms with E-state index in [1.807, 2.05) is 36.4 Å². The molecule has 3 aromatic rings. The Labute approximate surface area is 168 Å². The lowest BCUT2D eigenvalue weighted by Gasteiger charge is -2.09. The molecule has 0 unspecified atom stereocenters. The molecule has 0 fully saturated rings. The zero-order valence-corrected chi connectivity index (χ0v) is 16.8. The number of anilines is 1. The van der Waals surface area contributed by atoms with Crippen LogP contribution in [0.1, 0.15) is 11.1 Å². The fourth-order valence-electron chi connectivity index (χ4n) is 2.25. The lowest BCUT2D eigenvalue weighted by Crippen LogP contribution is -1.98. The van der Waals surface area contributed by atoms with Crippen LogP contribution in [-0.4, -0.2) is 23.1 Å². The molecule has 1 heterocycles. The fourth-order valence-corrected chi connectivity index (χ4v) is 4.54. The molecule has 0 aliphatic heterocycles. The van der Waals surface area contributed by atoms with Crippen LogP contribution < -0.4 is 10.1 Å². The van der Waals surface area contributed by atoms with E-state index in [0.717, 1.165) is 15.0 Å². The average Bonchev–Trinajstić information content (AvgIpc) is 3.14. The molecule has 0 saturated carbocycles. The van der Waals surface area contributed by atoms with Crippen LogP contribution in [0.5, 0.6) is 5.75 Å². The molecule has 27 heavy (non-hydrogen) atoms. The molecule has 0 bridgehead atoms. The maximum absolute atomic E-state index is 12.6. The van der Waals surface area contributed by atoms with Crippen molar-refractivity contribution in [1.29, 1.82) is 0 Å². The van der Waals surface area contributed by atoms with Gasteiger partial charge in [-0.1, -0.05) is 71.3 Å². The predicted octanol–water partition coefficient (Wildman–Crippen LogP) is 5.77. The van der Waals surface area contributed by atoms with Crippen LogP contribution >= 0.6 is 34.9 Å². The van der Waals surface area contributed by atoms with E-state index in [4.69, 9.17) is 4.74 Å². The van der Waals surface area contributed by atoms with Crippen molar-refractivity contribution >= 4 is 40.0 Å². The molecular formula is C18H17F2N3OS3. The molecule has 1 N–H and O–H groups in total. The number of halogens is 2. The average molecular weight is 426 g/mol. The first-order valence-electron chi connectivity index (χ1n) is 8.00. The summed E-state index contributed by atoms with van der Waals surface area (Å²) in [7, 11) is 1.48. The van der Waals surface area contributed by atoms with Gasteiger partial charge < -0.3 is 10.1 Å². The number of thioether (sulfide) groups is 2. The molecule has 3 rings (SSSR count). The molecule has 0 amide bonds. The number of methoxy groups -OCH3 is 1. The Morgan fingerprint density at radius 2 is 1.93 bits per heavy atom. The molecule has 0 saturated heterocycles. The highest BCUT2D eigenvalue weighted by Gasteiger charge is 2.12. The van der Waals surface area contributed by atoms with Gasteiger partial charge in [-0.05, 0) is 23.3 Å². The highest BCUT2D eigenvalue weighted by molar-refractivity contribution is 8.00. The smallest absolute Gasteiger partial charge is 0.289 e. The summed E-state index contributed by atoms with van der Waals surface area (Å²) in [6, 6.07) is 15.4. The molecule has 4 nitrogen and oxygen atoms in total. The van der Waals surface area contributed by atoms with E-state index in [1.54, 1.807) is 23.9 Å². The number of nitrogens with one attached hydrogen (secondary N) is 1. The lowest BCUT2D eigenvalue weighted by atomic mass is 10.2. The van der Waals surface area contributed by atoms with E-state index in [1.165, 1.54) is 24.0 Å². The van der Waals surface area contributed by atoms with E-state index in [2.05, 4.69) is 15.5 Å². The highest BCUT2D eigenvalue weighted by Crippen LogP contribution is 2.36. The summed E-state index contributed by atoms with van der Waals surface area (Å²) in [6.45, 7) is 0.695. The second-order valence-electron chi connectivity index (χ2n) is 5.36. The molecule has 0 radical (unpaired) electrons. The number of ether oxygens (including phenoxy) is 1. The maximum Gasteiger partial charge on any atom is 0.289 e. The third kappa shape index (κ3) is 6.08. The monoisotopic (exact) mass is 425 g/mol. The Kier molecular flexibility index (Phi) is 7.31. The molecule has 0 aliphatic rings. The van der Waals surface area contributed by atoms with Crippen molar-refractivity contribution < 1.29 is 13.5 Å². The Morgan fingerprint density at radius 1 is 1.11 bits per heavy atom. The number of nitrogens with zero attached hydrogens (tertiary/aromatic N) is 2. The number of rotatable bonds is 9. The maximum atomic E-state index is 12.6. The molecule has 1 aromatic heterocycles. The minimum atomic E-state index is -2.47. The standard InChI is InChI=1S/C18H17F2N3OS3/c1-24-14-9-13(7-8-15(14)26-16(19)20)11-25-18-23-22-17(27-18)21-10-12-5-3-2-4-6-12/h2-9,16H,10-11H2,1H3,(H,21,22). The van der Waals surface area contributed by atoms with Gasteiger partial charge in [0.1, 0.15) is 5.75 Å². The van der Waals surface area contributed by atoms with Crippen LogP contribution in [0.3, 0.4) is 0 Å². The van der Waals surface area contributed by atoms with Gasteiger partial charge in [0.05, 0.1) is 12.0 Å². The van der Waals surface area contributed by atoms with Crippen molar-refractivity contribution in [3.05, 3.63) is 59.7 Å². The Balaban J connectivity index is 1.55. The second-order valence-corrected chi connectivity index (χ2v) is 8.60. The quantitative estimate of drug-likeness (QED) is 0.440. The molecule has 0 aliphatic carbocycles. The highest BCUT2D eigenvalue weighted by atomic mass is 32.2. The molecule has 0 spiro atoms. The topological polar surface area (TPSA) is 47.0 Å². The van der Waals surface area contributed by atoms with E-state index in [9.17, 15) is 8.78 Å². The van der Waals surface area contributed by atoms with Crippen LogP contribution in [0.25, 0.3) is 0 Å². The third-order valence-corrected chi connectivity index (χ3v) is 6.35. The van der Waals surface area contributed by atoms with Crippen molar-refractivity contribution in [3.63, 3.8) is 0 Å².